The molecule has 4 nitrogen and oxygen atoms in total. The summed E-state index contributed by atoms with van der Waals surface area (Å²) in [5, 5.41) is 4.62. The highest BCUT2D eigenvalue weighted by Crippen LogP contribution is 2.33. The molecule has 2 aromatic rings. The summed E-state index contributed by atoms with van der Waals surface area (Å²) >= 11 is 6.29. The molecule has 1 aliphatic rings. The largest absolute Gasteiger partial charge is 0.441 e. The molecule has 5 heteroatoms. The number of hydrogen-bond acceptors (Lipinski definition) is 3. The molecule has 1 aromatic carbocycles. The maximum Gasteiger partial charge on any atom is 0.359 e. The number of carbonyl (C=O) groups excluding carboxylic acids is 1. The van der Waals surface area contributed by atoms with Gasteiger partial charge >= 0.3 is 5.97 Å². The minimum absolute atomic E-state index is 0.134. The van der Waals surface area contributed by atoms with Crippen molar-refractivity contribution in [3.05, 3.63) is 52.8 Å². The molecule has 1 fully saturated rings. The van der Waals surface area contributed by atoms with E-state index in [-0.39, 0.29) is 11.7 Å². The number of hydrogen-bond donors (Lipinski definition) is 0. The van der Waals surface area contributed by atoms with Crippen LogP contribution in [0.3, 0.4) is 0 Å². The molecule has 0 amide bonds. The molecule has 1 aliphatic carbocycles. The summed E-state index contributed by atoms with van der Waals surface area (Å²) in [4.78, 5) is 13.0. The van der Waals surface area contributed by atoms with Crippen LogP contribution < -0.4 is 0 Å². The van der Waals surface area contributed by atoms with E-state index in [0.29, 0.717) is 5.02 Å². The Morgan fingerprint density at radius 1 is 1.27 bits per heavy atom. The van der Waals surface area contributed by atoms with Gasteiger partial charge in [-0.05, 0) is 45.1 Å². The van der Waals surface area contributed by atoms with Crippen molar-refractivity contribution in [1.82, 2.24) is 9.78 Å². The fraction of sp³-hybridized carbons (Fsp3) is 0.429. The van der Waals surface area contributed by atoms with Crippen LogP contribution in [0.1, 0.15) is 68.0 Å². The summed E-state index contributed by atoms with van der Waals surface area (Å²) in [5.74, 6) is 5.59. The molecule has 1 saturated carbocycles. The van der Waals surface area contributed by atoms with Crippen LogP contribution in [-0.4, -0.2) is 21.4 Å². The summed E-state index contributed by atoms with van der Waals surface area (Å²) in [6, 6.07) is 9.75. The lowest BCUT2D eigenvalue weighted by atomic mass is 9.85. The van der Waals surface area contributed by atoms with Gasteiger partial charge in [0, 0.05) is 0 Å². The Kier molecular flexibility index (Phi) is 5.68. The molecule has 0 spiro atoms. The van der Waals surface area contributed by atoms with Gasteiger partial charge in [-0.1, -0.05) is 54.3 Å². The van der Waals surface area contributed by atoms with E-state index >= 15 is 0 Å². The molecule has 26 heavy (non-hydrogen) atoms. The second kappa shape index (κ2) is 7.97. The summed E-state index contributed by atoms with van der Waals surface area (Å²) in [7, 11) is 0. The van der Waals surface area contributed by atoms with E-state index < -0.39 is 11.6 Å². The van der Waals surface area contributed by atoms with Gasteiger partial charge in [0.2, 0.25) is 0 Å². The molecule has 0 unspecified atom stereocenters. The van der Waals surface area contributed by atoms with Gasteiger partial charge in [0.05, 0.1) is 17.3 Å². The number of halogens is 1. The maximum atomic E-state index is 13.0. The van der Waals surface area contributed by atoms with Gasteiger partial charge in [-0.25, -0.2) is 9.48 Å². The van der Waals surface area contributed by atoms with E-state index in [0.717, 1.165) is 37.7 Å². The van der Waals surface area contributed by atoms with Crippen molar-refractivity contribution in [2.45, 2.75) is 57.6 Å². The van der Waals surface area contributed by atoms with Crippen LogP contribution >= 0.6 is 11.6 Å². The fourth-order valence-electron chi connectivity index (χ4n) is 3.53. The summed E-state index contributed by atoms with van der Waals surface area (Å²) in [6.45, 7) is 3.76. The predicted octanol–water partition coefficient (Wildman–Crippen LogP) is 5.03. The van der Waals surface area contributed by atoms with Crippen LogP contribution in [0.5, 0.6) is 0 Å². The predicted molar refractivity (Wildman–Crippen MR) is 102 cm³/mol. The lowest BCUT2D eigenvalue weighted by Crippen LogP contribution is -2.36. The van der Waals surface area contributed by atoms with E-state index in [4.69, 9.17) is 16.3 Å². The topological polar surface area (TPSA) is 44.1 Å². The third-order valence-electron chi connectivity index (χ3n) is 4.90. The van der Waals surface area contributed by atoms with Crippen molar-refractivity contribution >= 4 is 17.6 Å². The molecule has 0 bridgehead atoms. The zero-order valence-electron chi connectivity index (χ0n) is 15.2. The Balaban J connectivity index is 1.90. The first kappa shape index (κ1) is 18.5. The first-order valence-corrected chi connectivity index (χ1v) is 9.39. The first-order chi connectivity index (χ1) is 12.6. The standard InChI is InChI=1S/C21H23ClN2O2/c1-3-12-21(13-8-5-9-14-21)26-20(25)19-18(22)15-23-24(19)16(2)17-10-6-4-7-11-17/h4,6-7,10-11,15-16H,5,8-9,13-14H2,1-2H3/t16-/m1/s1. The highest BCUT2D eigenvalue weighted by molar-refractivity contribution is 6.33. The van der Waals surface area contributed by atoms with Gasteiger partial charge in [0.1, 0.15) is 0 Å². The van der Waals surface area contributed by atoms with E-state index in [9.17, 15) is 4.79 Å². The summed E-state index contributed by atoms with van der Waals surface area (Å²) in [6.07, 6.45) is 6.19. The Morgan fingerprint density at radius 3 is 2.62 bits per heavy atom. The minimum atomic E-state index is -0.710. The molecular weight excluding hydrogens is 348 g/mol. The van der Waals surface area contributed by atoms with Crippen LogP contribution in [0.4, 0.5) is 0 Å². The molecule has 0 radical (unpaired) electrons. The Bertz CT molecular complexity index is 827. The minimum Gasteiger partial charge on any atom is -0.441 e. The van der Waals surface area contributed by atoms with Crippen molar-refractivity contribution in [2.75, 3.05) is 0 Å². The molecule has 3 rings (SSSR count). The zero-order valence-corrected chi connectivity index (χ0v) is 15.9. The summed E-state index contributed by atoms with van der Waals surface area (Å²) in [5.41, 5.74) is 0.617. The quantitative estimate of drug-likeness (QED) is 0.560. The molecular formula is C21H23ClN2O2. The number of rotatable bonds is 4. The lowest BCUT2D eigenvalue weighted by molar-refractivity contribution is -0.00800. The number of ether oxygens (including phenoxy) is 1. The van der Waals surface area contributed by atoms with E-state index in [1.54, 1.807) is 11.6 Å². The van der Waals surface area contributed by atoms with Gasteiger partial charge in [0.25, 0.3) is 0 Å². The first-order valence-electron chi connectivity index (χ1n) is 9.01. The van der Waals surface area contributed by atoms with Crippen molar-refractivity contribution in [1.29, 1.82) is 0 Å². The van der Waals surface area contributed by atoms with Crippen molar-refractivity contribution in [3.63, 3.8) is 0 Å². The highest BCUT2D eigenvalue weighted by Gasteiger charge is 2.36. The van der Waals surface area contributed by atoms with Crippen LogP contribution in [0.25, 0.3) is 0 Å². The third-order valence-corrected chi connectivity index (χ3v) is 5.17. The maximum absolute atomic E-state index is 13.0. The molecule has 0 aliphatic heterocycles. The number of benzene rings is 1. The second-order valence-electron chi connectivity index (χ2n) is 6.69. The molecule has 1 atom stereocenters. The second-order valence-corrected chi connectivity index (χ2v) is 7.10. The number of carbonyl (C=O) groups is 1. The zero-order chi connectivity index (χ0) is 18.6. The molecule has 136 valence electrons. The summed E-state index contributed by atoms with van der Waals surface area (Å²) < 4.78 is 7.55. The van der Waals surface area contributed by atoms with Gasteiger partial charge < -0.3 is 4.74 Å². The fourth-order valence-corrected chi connectivity index (χ4v) is 3.74. The lowest BCUT2D eigenvalue weighted by Gasteiger charge is -2.32. The Hall–Kier alpha value is -2.25. The monoisotopic (exact) mass is 370 g/mol. The smallest absolute Gasteiger partial charge is 0.359 e. The van der Waals surface area contributed by atoms with Crippen LogP contribution in [0, 0.1) is 11.8 Å². The number of esters is 1. The Labute approximate surface area is 159 Å². The highest BCUT2D eigenvalue weighted by atomic mass is 35.5. The number of aromatic nitrogens is 2. The van der Waals surface area contributed by atoms with Crippen LogP contribution in [0.2, 0.25) is 5.02 Å². The molecule has 0 saturated heterocycles. The third kappa shape index (κ3) is 3.78. The Morgan fingerprint density at radius 2 is 1.96 bits per heavy atom. The van der Waals surface area contributed by atoms with Crippen LogP contribution in [0.15, 0.2) is 36.5 Å². The normalized spacial score (nSPS) is 17.0. The van der Waals surface area contributed by atoms with Gasteiger partial charge in [-0.3, -0.25) is 0 Å². The van der Waals surface area contributed by atoms with E-state index in [2.05, 4.69) is 16.9 Å². The van der Waals surface area contributed by atoms with E-state index in [1.165, 1.54) is 6.20 Å². The molecule has 0 N–H and O–H groups in total. The van der Waals surface area contributed by atoms with Gasteiger partial charge in [0.15, 0.2) is 11.3 Å². The van der Waals surface area contributed by atoms with E-state index in [1.807, 2.05) is 37.3 Å². The van der Waals surface area contributed by atoms with Crippen molar-refractivity contribution < 1.29 is 9.53 Å². The van der Waals surface area contributed by atoms with Crippen LogP contribution in [-0.2, 0) is 4.74 Å². The van der Waals surface area contributed by atoms with Crippen molar-refractivity contribution in [3.8, 4) is 11.8 Å². The average Bonchev–Trinajstić information content (AvgIpc) is 3.04. The van der Waals surface area contributed by atoms with Gasteiger partial charge in [-0.15, -0.1) is 5.92 Å². The van der Waals surface area contributed by atoms with Gasteiger partial charge in [-0.2, -0.15) is 5.10 Å². The average molecular weight is 371 g/mol. The molecule has 1 heterocycles. The van der Waals surface area contributed by atoms with Crippen molar-refractivity contribution in [2.24, 2.45) is 0 Å². The SMILES string of the molecule is CC#CC1(OC(=O)c2c(Cl)cnn2[C@H](C)c2ccccc2)CCCCC1. The molecule has 1 aromatic heterocycles. The number of nitrogens with zero attached hydrogens (tertiary/aromatic N) is 2.